The topological polar surface area (TPSA) is 3.24 Å². The number of thiophene rings is 1. The summed E-state index contributed by atoms with van der Waals surface area (Å²) >= 11 is 2.00. The van der Waals surface area contributed by atoms with Crippen LogP contribution in [0.3, 0.4) is 0 Å². The molecular formula is C26H27NS. The first kappa shape index (κ1) is 17.8. The van der Waals surface area contributed by atoms with Gasteiger partial charge in [-0.2, -0.15) is 0 Å². The van der Waals surface area contributed by atoms with Crippen molar-refractivity contribution in [1.29, 1.82) is 0 Å². The average Bonchev–Trinajstić information content (AvgIpc) is 3.13. The summed E-state index contributed by atoms with van der Waals surface area (Å²) in [4.78, 5) is 2.35. The van der Waals surface area contributed by atoms with Crippen LogP contribution in [0.15, 0.2) is 60.7 Å². The Kier molecular flexibility index (Phi) is 4.60. The predicted molar refractivity (Wildman–Crippen MR) is 124 cm³/mol. The number of fused-ring (bicyclic) bond motifs is 3. The Labute approximate surface area is 171 Å². The SMILES string of the molecule is Cc1ccccc1N(C)c1cccc2c1sc1c(C3CCCCC3)cccc12. The van der Waals surface area contributed by atoms with Gasteiger partial charge in [0.2, 0.25) is 0 Å². The molecule has 1 nitrogen and oxygen atoms in total. The highest BCUT2D eigenvalue weighted by atomic mass is 32.1. The van der Waals surface area contributed by atoms with Crippen LogP contribution in [0.25, 0.3) is 20.2 Å². The molecule has 0 amide bonds. The molecule has 5 rings (SSSR count). The van der Waals surface area contributed by atoms with Crippen LogP contribution in [0.2, 0.25) is 0 Å². The van der Waals surface area contributed by atoms with E-state index in [4.69, 9.17) is 0 Å². The van der Waals surface area contributed by atoms with Crippen LogP contribution in [0.4, 0.5) is 11.4 Å². The molecule has 2 heteroatoms. The van der Waals surface area contributed by atoms with Crippen LogP contribution >= 0.6 is 11.3 Å². The fourth-order valence-corrected chi connectivity index (χ4v) is 6.34. The number of benzene rings is 3. The molecule has 142 valence electrons. The minimum atomic E-state index is 0.739. The number of aryl methyl sites for hydroxylation is 1. The number of anilines is 2. The Morgan fingerprint density at radius 1 is 0.750 bits per heavy atom. The molecule has 28 heavy (non-hydrogen) atoms. The molecule has 4 aromatic rings. The number of para-hydroxylation sites is 1. The summed E-state index contributed by atoms with van der Waals surface area (Å²) in [5.41, 5.74) is 5.48. The van der Waals surface area contributed by atoms with Crippen LogP contribution < -0.4 is 4.90 Å². The molecule has 0 atom stereocenters. The van der Waals surface area contributed by atoms with Gasteiger partial charge >= 0.3 is 0 Å². The molecule has 1 fully saturated rings. The number of nitrogens with zero attached hydrogens (tertiary/aromatic N) is 1. The summed E-state index contributed by atoms with van der Waals surface area (Å²) < 4.78 is 2.92. The van der Waals surface area contributed by atoms with Crippen molar-refractivity contribution in [3.05, 3.63) is 71.8 Å². The van der Waals surface area contributed by atoms with E-state index in [-0.39, 0.29) is 0 Å². The standard InChI is InChI=1S/C26H27NS/c1-18-10-6-7-16-23(18)27(2)24-17-9-15-22-21-14-8-13-20(25(21)28-26(22)24)19-11-4-3-5-12-19/h6-10,13-17,19H,3-5,11-12H2,1-2H3. The van der Waals surface area contributed by atoms with Crippen molar-refractivity contribution in [3.8, 4) is 0 Å². The summed E-state index contributed by atoms with van der Waals surface area (Å²) in [5.74, 6) is 0.739. The van der Waals surface area contributed by atoms with Crippen molar-refractivity contribution in [3.63, 3.8) is 0 Å². The van der Waals surface area contributed by atoms with Crippen molar-refractivity contribution in [2.24, 2.45) is 0 Å². The Morgan fingerprint density at radius 2 is 1.43 bits per heavy atom. The van der Waals surface area contributed by atoms with E-state index in [1.54, 1.807) is 5.56 Å². The molecule has 1 aliphatic carbocycles. The molecule has 0 spiro atoms. The van der Waals surface area contributed by atoms with E-state index in [0.717, 1.165) is 5.92 Å². The van der Waals surface area contributed by atoms with E-state index in [2.05, 4.69) is 79.5 Å². The van der Waals surface area contributed by atoms with Crippen molar-refractivity contribution < 1.29 is 0 Å². The maximum absolute atomic E-state index is 2.39. The number of rotatable bonds is 3. The Balaban J connectivity index is 1.69. The van der Waals surface area contributed by atoms with E-state index < -0.39 is 0 Å². The molecule has 0 radical (unpaired) electrons. The zero-order chi connectivity index (χ0) is 19.1. The summed E-state index contributed by atoms with van der Waals surface area (Å²) in [6.45, 7) is 2.19. The predicted octanol–water partition coefficient (Wildman–Crippen LogP) is 8.18. The molecule has 0 saturated heterocycles. The van der Waals surface area contributed by atoms with Crippen molar-refractivity contribution in [1.82, 2.24) is 0 Å². The quantitative estimate of drug-likeness (QED) is 0.344. The molecule has 1 saturated carbocycles. The molecular weight excluding hydrogens is 358 g/mol. The molecule has 0 bridgehead atoms. The van der Waals surface area contributed by atoms with Crippen LogP contribution in [0.5, 0.6) is 0 Å². The first-order valence-electron chi connectivity index (χ1n) is 10.5. The lowest BCUT2D eigenvalue weighted by molar-refractivity contribution is 0.446. The van der Waals surface area contributed by atoms with E-state index in [0.29, 0.717) is 0 Å². The maximum Gasteiger partial charge on any atom is 0.0592 e. The fourth-order valence-electron chi connectivity index (χ4n) is 4.90. The number of hydrogen-bond acceptors (Lipinski definition) is 2. The highest BCUT2D eigenvalue weighted by molar-refractivity contribution is 7.26. The molecule has 1 heterocycles. The van der Waals surface area contributed by atoms with Crippen LogP contribution in [0.1, 0.15) is 49.1 Å². The lowest BCUT2D eigenvalue weighted by Gasteiger charge is -2.22. The summed E-state index contributed by atoms with van der Waals surface area (Å²) in [6.07, 6.45) is 6.87. The normalized spacial score (nSPS) is 15.4. The van der Waals surface area contributed by atoms with Gasteiger partial charge in [-0.05, 0) is 48.9 Å². The smallest absolute Gasteiger partial charge is 0.0592 e. The summed E-state index contributed by atoms with van der Waals surface area (Å²) in [7, 11) is 2.20. The van der Waals surface area contributed by atoms with Crippen LogP contribution in [-0.2, 0) is 0 Å². The van der Waals surface area contributed by atoms with E-state index in [1.165, 1.54) is 69.2 Å². The Hall–Kier alpha value is -2.32. The monoisotopic (exact) mass is 385 g/mol. The largest absolute Gasteiger partial charge is 0.343 e. The highest BCUT2D eigenvalue weighted by Crippen LogP contribution is 2.45. The van der Waals surface area contributed by atoms with Gasteiger partial charge in [-0.3, -0.25) is 0 Å². The first-order chi connectivity index (χ1) is 13.7. The third kappa shape index (κ3) is 2.91. The van der Waals surface area contributed by atoms with Gasteiger partial charge in [-0.25, -0.2) is 0 Å². The molecule has 0 N–H and O–H groups in total. The third-order valence-electron chi connectivity index (χ3n) is 6.42. The molecule has 3 aromatic carbocycles. The van der Waals surface area contributed by atoms with Gasteiger partial charge in [-0.15, -0.1) is 11.3 Å². The molecule has 1 aromatic heterocycles. The van der Waals surface area contributed by atoms with Crippen molar-refractivity contribution in [2.45, 2.75) is 44.9 Å². The second-order valence-electron chi connectivity index (χ2n) is 8.16. The highest BCUT2D eigenvalue weighted by Gasteiger charge is 2.21. The molecule has 0 unspecified atom stereocenters. The third-order valence-corrected chi connectivity index (χ3v) is 7.71. The van der Waals surface area contributed by atoms with Crippen molar-refractivity contribution in [2.75, 3.05) is 11.9 Å². The zero-order valence-corrected chi connectivity index (χ0v) is 17.6. The minimum absolute atomic E-state index is 0.739. The average molecular weight is 386 g/mol. The summed E-state index contributed by atoms with van der Waals surface area (Å²) in [6, 6.07) is 22.4. The second kappa shape index (κ2) is 7.25. The van der Waals surface area contributed by atoms with Gasteiger partial charge in [-0.1, -0.05) is 67.8 Å². The molecule has 1 aliphatic rings. The van der Waals surface area contributed by atoms with Crippen LogP contribution in [-0.4, -0.2) is 7.05 Å². The lowest BCUT2D eigenvalue weighted by atomic mass is 9.84. The van der Waals surface area contributed by atoms with Crippen LogP contribution in [0, 0.1) is 6.92 Å². The number of hydrogen-bond donors (Lipinski definition) is 0. The minimum Gasteiger partial charge on any atom is -0.343 e. The first-order valence-corrected chi connectivity index (χ1v) is 11.3. The maximum atomic E-state index is 2.39. The zero-order valence-electron chi connectivity index (χ0n) is 16.7. The summed E-state index contributed by atoms with van der Waals surface area (Å²) in [5, 5.41) is 2.83. The Morgan fingerprint density at radius 3 is 2.21 bits per heavy atom. The fraction of sp³-hybridized carbons (Fsp3) is 0.308. The van der Waals surface area contributed by atoms with Gasteiger partial charge in [0.25, 0.3) is 0 Å². The van der Waals surface area contributed by atoms with E-state index in [1.807, 2.05) is 11.3 Å². The van der Waals surface area contributed by atoms with E-state index >= 15 is 0 Å². The molecule has 0 aliphatic heterocycles. The lowest BCUT2D eigenvalue weighted by Crippen LogP contribution is -2.10. The van der Waals surface area contributed by atoms with Gasteiger partial charge in [0, 0.05) is 28.2 Å². The Bertz CT molecular complexity index is 1130. The van der Waals surface area contributed by atoms with Crippen molar-refractivity contribution >= 4 is 42.9 Å². The van der Waals surface area contributed by atoms with Gasteiger partial charge in [0.15, 0.2) is 0 Å². The van der Waals surface area contributed by atoms with Gasteiger partial charge in [0.05, 0.1) is 10.4 Å². The van der Waals surface area contributed by atoms with Gasteiger partial charge < -0.3 is 4.90 Å². The second-order valence-corrected chi connectivity index (χ2v) is 9.18. The van der Waals surface area contributed by atoms with E-state index in [9.17, 15) is 0 Å². The van der Waals surface area contributed by atoms with Gasteiger partial charge in [0.1, 0.15) is 0 Å².